The summed E-state index contributed by atoms with van der Waals surface area (Å²) in [6, 6.07) is 5.44. The van der Waals surface area contributed by atoms with Crippen LogP contribution in [-0.2, 0) is 4.79 Å². The molecular weight excluding hydrogens is 278 g/mol. The van der Waals surface area contributed by atoms with Crippen LogP contribution in [0.5, 0.6) is 0 Å². The first-order valence-electron chi connectivity index (χ1n) is 7.88. The van der Waals surface area contributed by atoms with E-state index in [1.54, 1.807) is 12.1 Å². The van der Waals surface area contributed by atoms with Crippen LogP contribution >= 0.6 is 0 Å². The average Bonchev–Trinajstić information content (AvgIpc) is 3.21. The lowest BCUT2D eigenvalue weighted by atomic mass is 10.1. The van der Waals surface area contributed by atoms with E-state index in [0.29, 0.717) is 12.1 Å². The van der Waals surface area contributed by atoms with Crippen LogP contribution in [-0.4, -0.2) is 30.9 Å². The number of rotatable bonds is 7. The lowest BCUT2D eigenvalue weighted by Crippen LogP contribution is -2.31. The second-order valence-corrected chi connectivity index (χ2v) is 6.28. The number of carbonyl (C=O) groups excluding carboxylic acids is 2. The Labute approximate surface area is 131 Å². The zero-order valence-electron chi connectivity index (χ0n) is 13.5. The van der Waals surface area contributed by atoms with Crippen LogP contribution in [0.1, 0.15) is 42.6 Å². The highest BCUT2D eigenvalue weighted by Crippen LogP contribution is 2.27. The van der Waals surface area contributed by atoms with Crippen molar-refractivity contribution in [2.75, 3.05) is 18.4 Å². The maximum atomic E-state index is 12.0. The van der Waals surface area contributed by atoms with Gasteiger partial charge in [0.25, 0.3) is 5.91 Å². The molecule has 0 bridgehead atoms. The van der Waals surface area contributed by atoms with Gasteiger partial charge in [-0.2, -0.15) is 0 Å². The smallest absolute Gasteiger partial charge is 0.251 e. The van der Waals surface area contributed by atoms with Gasteiger partial charge in [0.1, 0.15) is 0 Å². The highest BCUT2D eigenvalue weighted by molar-refractivity contribution is 5.97. The molecule has 0 heterocycles. The van der Waals surface area contributed by atoms with Gasteiger partial charge in [-0.25, -0.2) is 0 Å². The molecule has 1 saturated carbocycles. The van der Waals surface area contributed by atoms with Gasteiger partial charge in [-0.05, 0) is 69.8 Å². The van der Waals surface area contributed by atoms with Gasteiger partial charge in [0.2, 0.25) is 5.91 Å². The summed E-state index contributed by atoms with van der Waals surface area (Å²) in [4.78, 5) is 23.8. The number of carbonyl (C=O) groups is 2. The van der Waals surface area contributed by atoms with Crippen molar-refractivity contribution >= 4 is 17.5 Å². The fraction of sp³-hybridized carbons (Fsp3) is 0.529. The van der Waals surface area contributed by atoms with Gasteiger partial charge in [0.15, 0.2) is 0 Å². The monoisotopic (exact) mass is 303 g/mol. The number of benzene rings is 1. The van der Waals surface area contributed by atoms with Gasteiger partial charge in [-0.3, -0.25) is 9.59 Å². The molecule has 2 rings (SSSR count). The third-order valence-corrected chi connectivity index (χ3v) is 3.59. The molecule has 1 aliphatic rings. The second-order valence-electron chi connectivity index (χ2n) is 6.28. The topological polar surface area (TPSA) is 70.2 Å². The van der Waals surface area contributed by atoms with Crippen molar-refractivity contribution in [3.05, 3.63) is 29.3 Å². The Morgan fingerprint density at radius 3 is 2.59 bits per heavy atom. The molecule has 0 saturated heterocycles. The van der Waals surface area contributed by atoms with E-state index >= 15 is 0 Å². The van der Waals surface area contributed by atoms with E-state index in [2.05, 4.69) is 16.0 Å². The molecule has 0 radical (unpaired) electrons. The SMILES string of the molecule is Cc1cc(NC(=O)CNCC2CC2)ccc1C(=O)NC(C)C. The highest BCUT2D eigenvalue weighted by Gasteiger charge is 2.20. The molecule has 0 aromatic heterocycles. The van der Waals surface area contributed by atoms with Crippen molar-refractivity contribution in [2.45, 2.75) is 39.7 Å². The molecule has 2 amide bonds. The molecule has 120 valence electrons. The van der Waals surface area contributed by atoms with Crippen molar-refractivity contribution in [3.8, 4) is 0 Å². The Balaban J connectivity index is 1.87. The molecule has 0 atom stereocenters. The molecule has 0 unspecified atom stereocenters. The highest BCUT2D eigenvalue weighted by atomic mass is 16.2. The van der Waals surface area contributed by atoms with E-state index in [9.17, 15) is 9.59 Å². The van der Waals surface area contributed by atoms with Gasteiger partial charge >= 0.3 is 0 Å². The molecule has 1 fully saturated rings. The summed E-state index contributed by atoms with van der Waals surface area (Å²) in [5, 5.41) is 8.88. The van der Waals surface area contributed by atoms with E-state index in [-0.39, 0.29) is 17.9 Å². The van der Waals surface area contributed by atoms with Gasteiger partial charge in [0, 0.05) is 17.3 Å². The van der Waals surface area contributed by atoms with Crippen LogP contribution < -0.4 is 16.0 Å². The first-order chi connectivity index (χ1) is 10.5. The molecule has 22 heavy (non-hydrogen) atoms. The van der Waals surface area contributed by atoms with Gasteiger partial charge < -0.3 is 16.0 Å². The van der Waals surface area contributed by atoms with Crippen LogP contribution in [0, 0.1) is 12.8 Å². The first-order valence-corrected chi connectivity index (χ1v) is 7.88. The van der Waals surface area contributed by atoms with Gasteiger partial charge in [0.05, 0.1) is 6.54 Å². The van der Waals surface area contributed by atoms with E-state index in [1.807, 2.05) is 26.8 Å². The van der Waals surface area contributed by atoms with Crippen molar-refractivity contribution in [1.82, 2.24) is 10.6 Å². The standard InChI is InChI=1S/C17H25N3O2/c1-11(2)19-17(22)15-7-6-14(8-12(15)3)20-16(21)10-18-9-13-4-5-13/h6-8,11,13,18H,4-5,9-10H2,1-3H3,(H,19,22)(H,20,21). The van der Waals surface area contributed by atoms with Crippen molar-refractivity contribution in [1.29, 1.82) is 0 Å². The lowest BCUT2D eigenvalue weighted by Gasteiger charge is -2.12. The summed E-state index contributed by atoms with van der Waals surface area (Å²) in [6.45, 7) is 6.97. The average molecular weight is 303 g/mol. The number of nitrogens with one attached hydrogen (secondary N) is 3. The quantitative estimate of drug-likeness (QED) is 0.722. The maximum Gasteiger partial charge on any atom is 0.251 e. The summed E-state index contributed by atoms with van der Waals surface area (Å²) in [5.74, 6) is 0.615. The minimum atomic E-state index is -0.0866. The van der Waals surface area contributed by atoms with Crippen LogP contribution in [0.4, 0.5) is 5.69 Å². The van der Waals surface area contributed by atoms with E-state index < -0.39 is 0 Å². The Morgan fingerprint density at radius 1 is 1.27 bits per heavy atom. The fourth-order valence-corrected chi connectivity index (χ4v) is 2.25. The van der Waals surface area contributed by atoms with Crippen LogP contribution in [0.3, 0.4) is 0 Å². The van der Waals surface area contributed by atoms with Crippen LogP contribution in [0.15, 0.2) is 18.2 Å². The molecule has 1 aliphatic carbocycles. The van der Waals surface area contributed by atoms with Crippen molar-refractivity contribution in [2.24, 2.45) is 5.92 Å². The summed E-state index contributed by atoms with van der Waals surface area (Å²) in [7, 11) is 0. The zero-order valence-corrected chi connectivity index (χ0v) is 13.5. The number of hydrogen-bond acceptors (Lipinski definition) is 3. The van der Waals surface area contributed by atoms with E-state index in [1.165, 1.54) is 12.8 Å². The molecule has 0 aliphatic heterocycles. The van der Waals surface area contributed by atoms with Crippen LogP contribution in [0.2, 0.25) is 0 Å². The third kappa shape index (κ3) is 5.15. The predicted molar refractivity (Wildman–Crippen MR) is 88.0 cm³/mol. The molecule has 5 nitrogen and oxygen atoms in total. The van der Waals surface area contributed by atoms with Crippen molar-refractivity contribution < 1.29 is 9.59 Å². The predicted octanol–water partition coefficient (Wildman–Crippen LogP) is 2.07. The Kier molecular flexibility index (Phi) is 5.55. The molecule has 1 aromatic rings. The summed E-state index contributed by atoms with van der Waals surface area (Å²) in [6.07, 6.45) is 2.54. The molecule has 3 N–H and O–H groups in total. The lowest BCUT2D eigenvalue weighted by molar-refractivity contribution is -0.115. The minimum absolute atomic E-state index is 0.0561. The molecule has 5 heteroatoms. The summed E-state index contributed by atoms with van der Waals surface area (Å²) < 4.78 is 0. The Hall–Kier alpha value is -1.88. The number of aryl methyl sites for hydroxylation is 1. The molecular formula is C17H25N3O2. The zero-order chi connectivity index (χ0) is 16.1. The van der Waals surface area contributed by atoms with E-state index in [0.717, 1.165) is 23.7 Å². The summed E-state index contributed by atoms with van der Waals surface area (Å²) >= 11 is 0. The summed E-state index contributed by atoms with van der Waals surface area (Å²) in [5.41, 5.74) is 2.21. The largest absolute Gasteiger partial charge is 0.350 e. The van der Waals surface area contributed by atoms with E-state index in [4.69, 9.17) is 0 Å². The van der Waals surface area contributed by atoms with Crippen molar-refractivity contribution in [3.63, 3.8) is 0 Å². The molecule has 0 spiro atoms. The first kappa shape index (κ1) is 16.5. The fourth-order valence-electron chi connectivity index (χ4n) is 2.25. The van der Waals surface area contributed by atoms with Gasteiger partial charge in [-0.1, -0.05) is 0 Å². The molecule has 1 aromatic carbocycles. The maximum absolute atomic E-state index is 12.0. The number of amides is 2. The van der Waals surface area contributed by atoms with Crippen LogP contribution in [0.25, 0.3) is 0 Å². The number of anilines is 1. The Morgan fingerprint density at radius 2 is 2.00 bits per heavy atom. The Bertz CT molecular complexity index is 551. The van der Waals surface area contributed by atoms with Gasteiger partial charge in [-0.15, -0.1) is 0 Å². The number of hydrogen-bond donors (Lipinski definition) is 3. The minimum Gasteiger partial charge on any atom is -0.350 e. The normalized spacial score (nSPS) is 14.0. The third-order valence-electron chi connectivity index (χ3n) is 3.59. The second kappa shape index (κ2) is 7.40.